The van der Waals surface area contributed by atoms with Gasteiger partial charge in [-0.25, -0.2) is 0 Å². The van der Waals surface area contributed by atoms with Crippen LogP contribution in [0, 0.1) is 5.92 Å². The molecule has 1 N–H and O–H groups in total. The summed E-state index contributed by atoms with van der Waals surface area (Å²) in [7, 11) is 1.74. The van der Waals surface area contributed by atoms with Gasteiger partial charge in [0.2, 0.25) is 0 Å². The van der Waals surface area contributed by atoms with Gasteiger partial charge in [-0.15, -0.1) is 6.54 Å². The largest absolute Gasteiger partial charge is 0.677 e. The molecule has 102 valence electrons. The van der Waals surface area contributed by atoms with Crippen molar-refractivity contribution >= 4 is 0 Å². The maximum atomic E-state index is 7.42. The Labute approximate surface area is 105 Å². The van der Waals surface area contributed by atoms with Crippen molar-refractivity contribution < 1.29 is 9.47 Å². The number of ether oxygens (including phenoxy) is 2. The molecule has 0 radical (unpaired) electrons. The zero-order valence-electron chi connectivity index (χ0n) is 11.1. The second-order valence-corrected chi connectivity index (χ2v) is 4.83. The van der Waals surface area contributed by atoms with Crippen LogP contribution in [0.1, 0.15) is 25.7 Å². The molecular weight excluding hydrogens is 216 g/mol. The number of nitrogens with one attached hydrogen (secondary N) is 1. The maximum absolute atomic E-state index is 7.42. The highest BCUT2D eigenvalue weighted by atomic mass is 16.5. The monoisotopic (exact) mass is 243 g/mol. The first kappa shape index (κ1) is 14.9. The highest BCUT2D eigenvalue weighted by Crippen LogP contribution is 2.15. The zero-order chi connectivity index (χ0) is 12.3. The molecule has 1 heterocycles. The van der Waals surface area contributed by atoms with Crippen LogP contribution in [0.2, 0.25) is 0 Å². The van der Waals surface area contributed by atoms with E-state index in [1.165, 1.54) is 19.4 Å². The van der Waals surface area contributed by atoms with E-state index in [0.29, 0.717) is 12.5 Å². The molecule has 4 heteroatoms. The Balaban J connectivity index is 1.91. The summed E-state index contributed by atoms with van der Waals surface area (Å²) in [6.45, 7) is 6.40. The summed E-state index contributed by atoms with van der Waals surface area (Å²) in [6, 6.07) is 0. The van der Waals surface area contributed by atoms with Gasteiger partial charge in [0.1, 0.15) is 0 Å². The summed E-state index contributed by atoms with van der Waals surface area (Å²) in [5.41, 5.74) is 7.42. The number of methoxy groups -OCH3 is 1. The molecule has 0 saturated carbocycles. The van der Waals surface area contributed by atoms with Gasteiger partial charge in [-0.1, -0.05) is 0 Å². The normalized spacial score (nSPS) is 21.9. The third-order valence-corrected chi connectivity index (χ3v) is 3.33. The minimum atomic E-state index is 0.578. The second kappa shape index (κ2) is 9.83. The van der Waals surface area contributed by atoms with Gasteiger partial charge in [-0.3, -0.25) is 0 Å². The van der Waals surface area contributed by atoms with Crippen LogP contribution in [0.15, 0.2) is 0 Å². The first-order valence-corrected chi connectivity index (χ1v) is 6.80. The van der Waals surface area contributed by atoms with Gasteiger partial charge in [0.15, 0.2) is 0 Å². The number of likely N-dealkylation sites (tertiary alicyclic amines) is 1. The van der Waals surface area contributed by atoms with Crippen molar-refractivity contribution in [1.29, 1.82) is 0 Å². The Morgan fingerprint density at radius 1 is 1.24 bits per heavy atom. The molecule has 0 amide bonds. The fourth-order valence-corrected chi connectivity index (χ4v) is 2.27. The van der Waals surface area contributed by atoms with Crippen LogP contribution in [0.25, 0.3) is 5.73 Å². The Morgan fingerprint density at radius 3 is 2.82 bits per heavy atom. The first-order valence-electron chi connectivity index (χ1n) is 6.80. The van der Waals surface area contributed by atoms with Gasteiger partial charge in [0.05, 0.1) is 6.61 Å². The quantitative estimate of drug-likeness (QED) is 0.583. The lowest BCUT2D eigenvalue weighted by molar-refractivity contribution is 0.0808. The molecule has 1 aliphatic heterocycles. The van der Waals surface area contributed by atoms with E-state index in [9.17, 15) is 0 Å². The van der Waals surface area contributed by atoms with Crippen molar-refractivity contribution in [3.05, 3.63) is 5.73 Å². The Kier molecular flexibility index (Phi) is 8.61. The molecule has 0 aliphatic carbocycles. The van der Waals surface area contributed by atoms with E-state index in [2.05, 4.69) is 4.90 Å². The minimum Gasteiger partial charge on any atom is -0.677 e. The van der Waals surface area contributed by atoms with Crippen molar-refractivity contribution in [3.8, 4) is 0 Å². The lowest BCUT2D eigenvalue weighted by Gasteiger charge is -2.33. The molecule has 0 spiro atoms. The molecule has 0 aromatic rings. The van der Waals surface area contributed by atoms with Crippen LogP contribution < -0.4 is 0 Å². The predicted octanol–water partition coefficient (Wildman–Crippen LogP) is 2.19. The van der Waals surface area contributed by atoms with Crippen LogP contribution >= 0.6 is 0 Å². The molecule has 1 atom stereocenters. The van der Waals surface area contributed by atoms with Crippen molar-refractivity contribution in [1.82, 2.24) is 4.90 Å². The van der Waals surface area contributed by atoms with E-state index >= 15 is 0 Å². The van der Waals surface area contributed by atoms with Gasteiger partial charge in [-0.05, 0) is 44.7 Å². The number of hydrogen-bond donors (Lipinski definition) is 0. The van der Waals surface area contributed by atoms with Gasteiger partial charge in [-0.2, -0.15) is 0 Å². The van der Waals surface area contributed by atoms with Gasteiger partial charge in [0.25, 0.3) is 0 Å². The molecule has 0 aromatic heterocycles. The predicted molar refractivity (Wildman–Crippen MR) is 70.3 cm³/mol. The average molecular weight is 243 g/mol. The second-order valence-electron chi connectivity index (χ2n) is 4.83. The van der Waals surface area contributed by atoms with Crippen LogP contribution in [-0.2, 0) is 9.47 Å². The SMILES string of the molecule is COCCCCOCCN1CCCC(C[NH-])C1. The summed E-state index contributed by atoms with van der Waals surface area (Å²) in [4.78, 5) is 2.44. The summed E-state index contributed by atoms with van der Waals surface area (Å²) < 4.78 is 10.6. The fraction of sp³-hybridized carbons (Fsp3) is 1.00. The molecule has 1 rings (SSSR count). The molecule has 1 fully saturated rings. The van der Waals surface area contributed by atoms with Crippen molar-refractivity contribution in [3.63, 3.8) is 0 Å². The number of hydrogen-bond acceptors (Lipinski definition) is 3. The maximum Gasteiger partial charge on any atom is 0.0593 e. The van der Waals surface area contributed by atoms with Gasteiger partial charge in [0, 0.05) is 26.9 Å². The van der Waals surface area contributed by atoms with Gasteiger partial charge >= 0.3 is 0 Å². The van der Waals surface area contributed by atoms with Gasteiger partial charge < -0.3 is 20.1 Å². The van der Waals surface area contributed by atoms with E-state index in [-0.39, 0.29) is 0 Å². The van der Waals surface area contributed by atoms with E-state index in [1.807, 2.05) is 0 Å². The molecule has 1 unspecified atom stereocenters. The first-order chi connectivity index (χ1) is 8.36. The Bertz CT molecular complexity index is 179. The fourth-order valence-electron chi connectivity index (χ4n) is 2.27. The highest BCUT2D eigenvalue weighted by molar-refractivity contribution is 4.76. The van der Waals surface area contributed by atoms with E-state index < -0.39 is 0 Å². The van der Waals surface area contributed by atoms with Crippen LogP contribution in [-0.4, -0.2) is 58.0 Å². The molecule has 0 aromatic carbocycles. The highest BCUT2D eigenvalue weighted by Gasteiger charge is 2.16. The van der Waals surface area contributed by atoms with Crippen LogP contribution in [0.4, 0.5) is 0 Å². The Hall–Kier alpha value is -0.160. The topological polar surface area (TPSA) is 45.5 Å². The van der Waals surface area contributed by atoms with E-state index in [4.69, 9.17) is 15.2 Å². The van der Waals surface area contributed by atoms with Crippen LogP contribution in [0.5, 0.6) is 0 Å². The van der Waals surface area contributed by atoms with Crippen molar-refractivity contribution in [2.24, 2.45) is 5.92 Å². The number of unbranched alkanes of at least 4 members (excludes halogenated alkanes) is 1. The minimum absolute atomic E-state index is 0.578. The molecular formula is C13H27N2O2-. The van der Waals surface area contributed by atoms with E-state index in [0.717, 1.165) is 45.8 Å². The molecule has 1 saturated heterocycles. The third-order valence-electron chi connectivity index (χ3n) is 3.33. The number of piperidine rings is 1. The third kappa shape index (κ3) is 6.99. The standard InChI is InChI=1S/C13H27N2O2/c1-16-8-2-3-9-17-10-7-15-6-4-5-13(11-14)12-15/h13-14H,2-12H2,1H3/q-1. The van der Waals surface area contributed by atoms with E-state index in [1.54, 1.807) is 7.11 Å². The summed E-state index contributed by atoms with van der Waals surface area (Å²) in [5, 5.41) is 0. The van der Waals surface area contributed by atoms with Crippen molar-refractivity contribution in [2.45, 2.75) is 25.7 Å². The summed E-state index contributed by atoms with van der Waals surface area (Å²) in [5.74, 6) is 0.588. The molecule has 17 heavy (non-hydrogen) atoms. The van der Waals surface area contributed by atoms with Crippen LogP contribution in [0.3, 0.4) is 0 Å². The summed E-state index contributed by atoms with van der Waals surface area (Å²) >= 11 is 0. The lowest BCUT2D eigenvalue weighted by Crippen LogP contribution is -2.38. The molecule has 4 nitrogen and oxygen atoms in total. The average Bonchev–Trinajstić information content (AvgIpc) is 2.38. The smallest absolute Gasteiger partial charge is 0.0593 e. The zero-order valence-corrected chi connectivity index (χ0v) is 11.1. The molecule has 1 aliphatic rings. The Morgan fingerprint density at radius 2 is 2.06 bits per heavy atom. The van der Waals surface area contributed by atoms with Crippen molar-refractivity contribution in [2.75, 3.05) is 53.1 Å². The number of nitrogens with zero attached hydrogens (tertiary/aromatic N) is 1. The number of rotatable bonds is 9. The molecule has 0 bridgehead atoms. The lowest BCUT2D eigenvalue weighted by atomic mass is 9.98. The summed E-state index contributed by atoms with van der Waals surface area (Å²) in [6.07, 6.45) is 4.65.